The van der Waals surface area contributed by atoms with Crippen LogP contribution < -0.4 is 0 Å². The van der Waals surface area contributed by atoms with Gasteiger partial charge in [-0.2, -0.15) is 0 Å². The van der Waals surface area contributed by atoms with Gasteiger partial charge in [-0.15, -0.1) is 0 Å². The summed E-state index contributed by atoms with van der Waals surface area (Å²) < 4.78 is 11.8. The maximum atomic E-state index is 6.16. The first-order chi connectivity index (χ1) is 8.25. The van der Waals surface area contributed by atoms with Gasteiger partial charge in [0.15, 0.2) is 6.29 Å². The minimum atomic E-state index is 0.0578. The van der Waals surface area contributed by atoms with Gasteiger partial charge in [-0.25, -0.2) is 0 Å². The summed E-state index contributed by atoms with van der Waals surface area (Å²) in [4.78, 5) is 0. The minimum absolute atomic E-state index is 0.0578. The second-order valence-corrected chi connectivity index (χ2v) is 5.65. The molecule has 2 fully saturated rings. The van der Waals surface area contributed by atoms with Gasteiger partial charge in [0.1, 0.15) is 0 Å². The average molecular weight is 238 g/mol. The fraction of sp³-hybridized carbons (Fsp3) is 0.867. The van der Waals surface area contributed by atoms with Crippen molar-refractivity contribution in [1.82, 2.24) is 0 Å². The van der Waals surface area contributed by atoms with E-state index in [1.54, 1.807) is 0 Å². The standard InChI is InChI=1S/C15H26O2/c1-12(2)11-13-7-3-4-8-14(13)17-15-9-5-6-10-16-15/h11-12,14-15H,3-10H2,1-2H3/t14-,15-/m1/s1. The summed E-state index contributed by atoms with van der Waals surface area (Å²) >= 11 is 0. The first-order valence-electron chi connectivity index (χ1n) is 7.23. The Labute approximate surface area is 105 Å². The van der Waals surface area contributed by atoms with Crippen molar-refractivity contribution in [2.75, 3.05) is 6.61 Å². The summed E-state index contributed by atoms with van der Waals surface area (Å²) in [6.07, 6.45) is 11.3. The van der Waals surface area contributed by atoms with Gasteiger partial charge in [0, 0.05) is 6.61 Å². The molecule has 2 rings (SSSR count). The van der Waals surface area contributed by atoms with E-state index in [-0.39, 0.29) is 6.29 Å². The monoisotopic (exact) mass is 238 g/mol. The highest BCUT2D eigenvalue weighted by Crippen LogP contribution is 2.29. The Kier molecular flexibility index (Phi) is 5.05. The van der Waals surface area contributed by atoms with Crippen LogP contribution in [0.2, 0.25) is 0 Å². The van der Waals surface area contributed by atoms with Crippen molar-refractivity contribution in [3.05, 3.63) is 11.6 Å². The molecule has 1 heterocycles. The molecule has 0 aromatic rings. The molecule has 0 aromatic heterocycles. The van der Waals surface area contributed by atoms with Gasteiger partial charge < -0.3 is 9.47 Å². The zero-order chi connectivity index (χ0) is 12.1. The second-order valence-electron chi connectivity index (χ2n) is 5.65. The van der Waals surface area contributed by atoms with E-state index in [1.165, 1.54) is 44.1 Å². The quantitative estimate of drug-likeness (QED) is 0.690. The lowest BCUT2D eigenvalue weighted by Gasteiger charge is -2.32. The van der Waals surface area contributed by atoms with Gasteiger partial charge in [-0.05, 0) is 50.0 Å². The Morgan fingerprint density at radius 3 is 2.71 bits per heavy atom. The summed E-state index contributed by atoms with van der Waals surface area (Å²) in [5.74, 6) is 0.626. The Morgan fingerprint density at radius 2 is 2.00 bits per heavy atom. The molecular weight excluding hydrogens is 212 g/mol. The van der Waals surface area contributed by atoms with Crippen LogP contribution in [0, 0.1) is 5.92 Å². The average Bonchev–Trinajstić information content (AvgIpc) is 2.32. The van der Waals surface area contributed by atoms with Gasteiger partial charge in [-0.1, -0.05) is 26.3 Å². The van der Waals surface area contributed by atoms with E-state index < -0.39 is 0 Å². The van der Waals surface area contributed by atoms with E-state index in [4.69, 9.17) is 9.47 Å². The molecule has 17 heavy (non-hydrogen) atoms. The first kappa shape index (κ1) is 13.1. The second kappa shape index (κ2) is 6.55. The molecule has 98 valence electrons. The van der Waals surface area contributed by atoms with Crippen molar-refractivity contribution in [2.24, 2.45) is 5.92 Å². The van der Waals surface area contributed by atoms with Crippen molar-refractivity contribution in [3.63, 3.8) is 0 Å². The normalized spacial score (nSPS) is 33.2. The van der Waals surface area contributed by atoms with Gasteiger partial charge in [-0.3, -0.25) is 0 Å². The zero-order valence-electron chi connectivity index (χ0n) is 11.3. The van der Waals surface area contributed by atoms with Gasteiger partial charge in [0.05, 0.1) is 6.10 Å². The molecule has 2 atom stereocenters. The number of allylic oxidation sites excluding steroid dienone is 1. The van der Waals surface area contributed by atoms with E-state index in [2.05, 4.69) is 19.9 Å². The summed E-state index contributed by atoms with van der Waals surface area (Å²) in [5.41, 5.74) is 1.51. The fourth-order valence-electron chi connectivity index (χ4n) is 2.78. The summed E-state index contributed by atoms with van der Waals surface area (Å²) in [7, 11) is 0. The van der Waals surface area contributed by atoms with Crippen molar-refractivity contribution < 1.29 is 9.47 Å². The predicted octanol–water partition coefficient (Wildman–Crippen LogP) is 4.05. The van der Waals surface area contributed by atoms with Crippen molar-refractivity contribution in [2.45, 2.75) is 71.2 Å². The molecule has 2 aliphatic rings. The topological polar surface area (TPSA) is 18.5 Å². The molecule has 0 spiro atoms. The molecule has 1 aliphatic carbocycles. The van der Waals surface area contributed by atoms with Crippen LogP contribution in [0.1, 0.15) is 58.8 Å². The lowest BCUT2D eigenvalue weighted by atomic mass is 9.90. The van der Waals surface area contributed by atoms with Crippen LogP contribution in [0.5, 0.6) is 0 Å². The SMILES string of the molecule is CC(C)C=C1CCCC[C@H]1O[C@@H]1CCCCO1. The third kappa shape index (κ3) is 4.11. The molecule has 0 unspecified atom stereocenters. The van der Waals surface area contributed by atoms with E-state index in [0.29, 0.717) is 12.0 Å². The van der Waals surface area contributed by atoms with Crippen molar-refractivity contribution in [1.29, 1.82) is 0 Å². The molecule has 1 aliphatic heterocycles. The molecule has 2 nitrogen and oxygen atoms in total. The Hall–Kier alpha value is -0.340. The number of hydrogen-bond acceptors (Lipinski definition) is 2. The van der Waals surface area contributed by atoms with E-state index >= 15 is 0 Å². The minimum Gasteiger partial charge on any atom is -0.353 e. The van der Waals surface area contributed by atoms with Gasteiger partial charge in [0.2, 0.25) is 0 Å². The van der Waals surface area contributed by atoms with Crippen LogP contribution in [0.25, 0.3) is 0 Å². The smallest absolute Gasteiger partial charge is 0.158 e. The first-order valence-corrected chi connectivity index (χ1v) is 7.23. The summed E-state index contributed by atoms with van der Waals surface area (Å²) in [5, 5.41) is 0. The number of hydrogen-bond donors (Lipinski definition) is 0. The van der Waals surface area contributed by atoms with E-state index in [0.717, 1.165) is 13.0 Å². The molecule has 0 N–H and O–H groups in total. The highest BCUT2D eigenvalue weighted by molar-refractivity contribution is 5.12. The van der Waals surface area contributed by atoms with Crippen LogP contribution in [0.3, 0.4) is 0 Å². The molecule has 1 saturated heterocycles. The number of ether oxygens (including phenoxy) is 2. The Bertz CT molecular complexity index is 252. The van der Waals surface area contributed by atoms with Gasteiger partial charge in [0.25, 0.3) is 0 Å². The Balaban J connectivity index is 1.91. The molecule has 0 radical (unpaired) electrons. The van der Waals surface area contributed by atoms with Crippen LogP contribution in [-0.2, 0) is 9.47 Å². The third-order valence-corrected chi connectivity index (χ3v) is 3.60. The van der Waals surface area contributed by atoms with Crippen LogP contribution in [0.4, 0.5) is 0 Å². The van der Waals surface area contributed by atoms with Crippen LogP contribution >= 0.6 is 0 Å². The van der Waals surface area contributed by atoms with Crippen LogP contribution in [0.15, 0.2) is 11.6 Å². The van der Waals surface area contributed by atoms with Crippen molar-refractivity contribution >= 4 is 0 Å². The highest BCUT2D eigenvalue weighted by Gasteiger charge is 2.24. The van der Waals surface area contributed by atoms with Crippen molar-refractivity contribution in [3.8, 4) is 0 Å². The highest BCUT2D eigenvalue weighted by atomic mass is 16.7. The molecule has 0 amide bonds. The Morgan fingerprint density at radius 1 is 1.18 bits per heavy atom. The molecule has 1 saturated carbocycles. The predicted molar refractivity (Wildman–Crippen MR) is 69.9 cm³/mol. The maximum Gasteiger partial charge on any atom is 0.158 e. The van der Waals surface area contributed by atoms with Gasteiger partial charge >= 0.3 is 0 Å². The number of rotatable bonds is 3. The molecular formula is C15H26O2. The fourth-order valence-corrected chi connectivity index (χ4v) is 2.78. The molecule has 0 bridgehead atoms. The lowest BCUT2D eigenvalue weighted by Crippen LogP contribution is -2.30. The summed E-state index contributed by atoms with van der Waals surface area (Å²) in [6.45, 7) is 5.37. The maximum absolute atomic E-state index is 6.16. The third-order valence-electron chi connectivity index (χ3n) is 3.60. The lowest BCUT2D eigenvalue weighted by molar-refractivity contribution is -0.183. The van der Waals surface area contributed by atoms with Crippen LogP contribution in [-0.4, -0.2) is 19.0 Å². The summed E-state index contributed by atoms with van der Waals surface area (Å²) in [6, 6.07) is 0. The zero-order valence-corrected chi connectivity index (χ0v) is 11.3. The molecule has 2 heteroatoms. The largest absolute Gasteiger partial charge is 0.353 e. The molecule has 0 aromatic carbocycles. The van der Waals surface area contributed by atoms with E-state index in [9.17, 15) is 0 Å². The van der Waals surface area contributed by atoms with E-state index in [1.807, 2.05) is 0 Å².